The van der Waals surface area contributed by atoms with E-state index >= 15 is 0 Å². The van der Waals surface area contributed by atoms with Crippen LogP contribution < -0.4 is 5.32 Å². The van der Waals surface area contributed by atoms with Crippen molar-refractivity contribution < 1.29 is 29.0 Å². The molecule has 1 aromatic rings. The number of benzene rings is 1. The summed E-state index contributed by atoms with van der Waals surface area (Å²) in [6.07, 6.45) is 0. The number of hydrogen-bond donors (Lipinski definition) is 2. The number of aryl methyl sites for hydroxylation is 2. The maximum Gasteiger partial charge on any atom is 0.352 e. The summed E-state index contributed by atoms with van der Waals surface area (Å²) < 4.78 is 4.90. The van der Waals surface area contributed by atoms with Gasteiger partial charge < -0.3 is 15.2 Å². The van der Waals surface area contributed by atoms with Gasteiger partial charge in [-0.1, -0.05) is 17.7 Å². The maximum absolute atomic E-state index is 12.6. The van der Waals surface area contributed by atoms with Gasteiger partial charge in [0, 0.05) is 23.8 Å². The Kier molecular flexibility index (Phi) is 5.46. The van der Waals surface area contributed by atoms with E-state index in [0.29, 0.717) is 16.9 Å². The molecule has 148 valence electrons. The van der Waals surface area contributed by atoms with Crippen molar-refractivity contribution in [2.24, 2.45) is 0 Å². The largest absolute Gasteiger partial charge is 0.477 e. The van der Waals surface area contributed by atoms with Crippen molar-refractivity contribution in [2.75, 3.05) is 12.4 Å². The number of carboxylic acid groups (broad SMARTS) is 1. The molecule has 28 heavy (non-hydrogen) atoms. The predicted octanol–water partition coefficient (Wildman–Crippen LogP) is 1.22. The lowest BCUT2D eigenvalue weighted by molar-refractivity contribution is -0.149. The van der Waals surface area contributed by atoms with Crippen LogP contribution in [0.15, 0.2) is 29.5 Å². The Labute approximate surface area is 165 Å². The normalized spacial score (nSPS) is 21.0. The summed E-state index contributed by atoms with van der Waals surface area (Å²) in [5.41, 5.74) is 2.38. The lowest BCUT2D eigenvalue weighted by Crippen LogP contribution is -2.70. The van der Waals surface area contributed by atoms with E-state index in [2.05, 4.69) is 5.32 Å². The van der Waals surface area contributed by atoms with Gasteiger partial charge in [-0.05, 0) is 25.5 Å². The fraction of sp³-hybridized carbons (Fsp3) is 0.368. The van der Waals surface area contributed by atoms with Gasteiger partial charge in [-0.25, -0.2) is 4.79 Å². The van der Waals surface area contributed by atoms with Crippen LogP contribution in [0.1, 0.15) is 28.4 Å². The summed E-state index contributed by atoms with van der Waals surface area (Å²) in [6.45, 7) is 4.73. The Morgan fingerprint density at radius 3 is 2.68 bits per heavy atom. The van der Waals surface area contributed by atoms with E-state index in [1.165, 1.54) is 18.7 Å². The third-order valence-corrected chi connectivity index (χ3v) is 5.96. The number of esters is 1. The average Bonchev–Trinajstić information content (AvgIpc) is 2.64. The molecule has 1 aromatic carbocycles. The van der Waals surface area contributed by atoms with Crippen LogP contribution in [0.4, 0.5) is 0 Å². The van der Waals surface area contributed by atoms with E-state index in [0.717, 1.165) is 16.0 Å². The maximum atomic E-state index is 12.6. The topological polar surface area (TPSA) is 113 Å². The van der Waals surface area contributed by atoms with Crippen LogP contribution >= 0.6 is 11.8 Å². The summed E-state index contributed by atoms with van der Waals surface area (Å²) in [7, 11) is 0. The van der Waals surface area contributed by atoms with Crippen molar-refractivity contribution in [3.8, 4) is 0 Å². The van der Waals surface area contributed by atoms with Crippen molar-refractivity contribution in [3.05, 3.63) is 46.2 Å². The zero-order chi connectivity index (χ0) is 20.6. The number of ether oxygens (including phenoxy) is 1. The monoisotopic (exact) mass is 404 g/mol. The number of nitrogens with zero attached hydrogens (tertiary/aromatic N) is 1. The number of carbonyl (C=O) groups is 4. The minimum atomic E-state index is -1.26. The molecule has 9 heteroatoms. The molecule has 0 aliphatic carbocycles. The van der Waals surface area contributed by atoms with E-state index in [1.807, 2.05) is 26.0 Å². The van der Waals surface area contributed by atoms with Gasteiger partial charge >= 0.3 is 11.9 Å². The molecular weight excluding hydrogens is 384 g/mol. The lowest BCUT2D eigenvalue weighted by Gasteiger charge is -2.49. The minimum absolute atomic E-state index is 0.174. The van der Waals surface area contributed by atoms with E-state index in [1.54, 1.807) is 6.07 Å². The van der Waals surface area contributed by atoms with Gasteiger partial charge in [-0.15, -0.1) is 11.8 Å². The molecule has 0 radical (unpaired) electrons. The fourth-order valence-corrected chi connectivity index (χ4v) is 4.51. The third-order valence-electron chi connectivity index (χ3n) is 4.62. The number of rotatable bonds is 5. The van der Waals surface area contributed by atoms with Crippen molar-refractivity contribution in [2.45, 2.75) is 32.2 Å². The van der Waals surface area contributed by atoms with Gasteiger partial charge in [0.15, 0.2) is 0 Å². The molecular formula is C19H20N2O6S. The first kappa shape index (κ1) is 19.9. The zero-order valence-electron chi connectivity index (χ0n) is 15.6. The Balaban J connectivity index is 1.78. The van der Waals surface area contributed by atoms with Gasteiger partial charge in [0.1, 0.15) is 23.7 Å². The first-order valence-electron chi connectivity index (χ1n) is 8.62. The van der Waals surface area contributed by atoms with Gasteiger partial charge in [0.05, 0.1) is 0 Å². The van der Waals surface area contributed by atoms with Crippen LogP contribution in [0.5, 0.6) is 0 Å². The SMILES string of the molecule is CC(=O)OCC1=C(C(=O)O)N2C(=O)[C@@H](NC(=O)c3cc(C)ccc3C)[C@@H]2SC1. The standard InChI is InChI=1S/C19H20N2O6S/c1-9-4-5-10(2)13(6-9)16(23)20-14-17(24)21-15(19(25)26)12(7-27-11(3)22)8-28-18(14)21/h4-6,14,18H,7-8H2,1-3H3,(H,20,23)(H,25,26)/t14-,18+/m1/s1. The number of β-lactam (4-membered cyclic amide) rings is 1. The van der Waals surface area contributed by atoms with E-state index < -0.39 is 29.3 Å². The molecule has 2 amide bonds. The molecule has 1 fully saturated rings. The third kappa shape index (κ3) is 3.62. The van der Waals surface area contributed by atoms with Gasteiger partial charge in [-0.3, -0.25) is 19.3 Å². The quantitative estimate of drug-likeness (QED) is 0.560. The van der Waals surface area contributed by atoms with E-state index in [-0.39, 0.29) is 18.2 Å². The minimum Gasteiger partial charge on any atom is -0.477 e. The van der Waals surface area contributed by atoms with Gasteiger partial charge in [-0.2, -0.15) is 0 Å². The number of carboxylic acids is 1. The summed E-state index contributed by atoms with van der Waals surface area (Å²) in [4.78, 5) is 49.1. The molecule has 0 aromatic heterocycles. The van der Waals surface area contributed by atoms with E-state index in [4.69, 9.17) is 4.74 Å². The highest BCUT2D eigenvalue weighted by Gasteiger charge is 2.54. The highest BCUT2D eigenvalue weighted by molar-refractivity contribution is 8.00. The van der Waals surface area contributed by atoms with Gasteiger partial charge in [0.2, 0.25) is 0 Å². The molecule has 2 aliphatic heterocycles. The second-order valence-electron chi connectivity index (χ2n) is 6.72. The van der Waals surface area contributed by atoms with Crippen molar-refractivity contribution in [1.82, 2.24) is 10.2 Å². The number of carbonyl (C=O) groups excluding carboxylic acids is 3. The number of fused-ring (bicyclic) bond motifs is 1. The molecule has 0 saturated carbocycles. The molecule has 8 nitrogen and oxygen atoms in total. The van der Waals surface area contributed by atoms with Crippen LogP contribution in [0.3, 0.4) is 0 Å². The molecule has 2 heterocycles. The predicted molar refractivity (Wildman–Crippen MR) is 102 cm³/mol. The number of amides is 2. The number of aliphatic carboxylic acids is 1. The Hall–Kier alpha value is -2.81. The highest BCUT2D eigenvalue weighted by Crippen LogP contribution is 2.40. The second-order valence-corrected chi connectivity index (χ2v) is 7.82. The Morgan fingerprint density at radius 1 is 1.32 bits per heavy atom. The summed E-state index contributed by atoms with van der Waals surface area (Å²) in [5, 5.41) is 11.8. The molecule has 2 N–H and O–H groups in total. The van der Waals surface area contributed by atoms with Gasteiger partial charge in [0.25, 0.3) is 11.8 Å². The number of thioether (sulfide) groups is 1. The zero-order valence-corrected chi connectivity index (χ0v) is 16.5. The van der Waals surface area contributed by atoms with Crippen LogP contribution in [0, 0.1) is 13.8 Å². The van der Waals surface area contributed by atoms with Crippen LogP contribution in [0.2, 0.25) is 0 Å². The Bertz CT molecular complexity index is 910. The second kappa shape index (κ2) is 7.67. The molecule has 0 bridgehead atoms. The van der Waals surface area contributed by atoms with Crippen LogP contribution in [-0.2, 0) is 19.1 Å². The number of hydrogen-bond acceptors (Lipinski definition) is 6. The Morgan fingerprint density at radius 2 is 2.04 bits per heavy atom. The summed E-state index contributed by atoms with van der Waals surface area (Å²) in [6, 6.07) is 4.68. The van der Waals surface area contributed by atoms with Crippen molar-refractivity contribution in [3.63, 3.8) is 0 Å². The molecule has 2 aliphatic rings. The first-order chi connectivity index (χ1) is 13.2. The number of nitrogens with one attached hydrogen (secondary N) is 1. The fourth-order valence-electron chi connectivity index (χ4n) is 3.18. The summed E-state index contributed by atoms with van der Waals surface area (Å²) >= 11 is 1.33. The molecule has 0 unspecified atom stereocenters. The first-order valence-corrected chi connectivity index (χ1v) is 9.67. The van der Waals surface area contributed by atoms with Crippen LogP contribution in [-0.4, -0.2) is 57.5 Å². The average molecular weight is 404 g/mol. The molecule has 2 atom stereocenters. The summed E-state index contributed by atoms with van der Waals surface area (Å²) in [5.74, 6) is -2.36. The van der Waals surface area contributed by atoms with Crippen molar-refractivity contribution in [1.29, 1.82) is 0 Å². The molecule has 0 spiro atoms. The van der Waals surface area contributed by atoms with Crippen molar-refractivity contribution >= 4 is 35.5 Å². The molecule has 1 saturated heterocycles. The van der Waals surface area contributed by atoms with Crippen LogP contribution in [0.25, 0.3) is 0 Å². The van der Waals surface area contributed by atoms with E-state index in [9.17, 15) is 24.3 Å². The molecule has 3 rings (SSSR count). The smallest absolute Gasteiger partial charge is 0.352 e. The highest BCUT2D eigenvalue weighted by atomic mass is 32.2. The lowest BCUT2D eigenvalue weighted by atomic mass is 10.0.